The molecular weight excluding hydrogens is 413 g/mol. The van der Waals surface area contributed by atoms with Gasteiger partial charge in [-0.3, -0.25) is 0 Å². The average molecular weight is 433 g/mol. The number of benzene rings is 2. The third-order valence-corrected chi connectivity index (χ3v) is 6.06. The molecule has 3 nitrogen and oxygen atoms in total. The molecule has 0 saturated heterocycles. The van der Waals surface area contributed by atoms with Gasteiger partial charge in [-0.2, -0.15) is 0 Å². The highest BCUT2D eigenvalue weighted by Gasteiger charge is 2.44. The van der Waals surface area contributed by atoms with E-state index in [-0.39, 0.29) is 12.0 Å². The second-order valence-corrected chi connectivity index (χ2v) is 9.84. The quantitative estimate of drug-likeness (QED) is 0.644. The first-order chi connectivity index (χ1) is 13.3. The molecule has 1 unspecified atom stereocenters. The normalized spacial score (nSPS) is 17.8. The van der Waals surface area contributed by atoms with Gasteiger partial charge in [0, 0.05) is 12.0 Å². The predicted molar refractivity (Wildman–Crippen MR) is 100 cm³/mol. The third kappa shape index (κ3) is 4.95. The van der Waals surface area contributed by atoms with Crippen LogP contribution in [0.15, 0.2) is 42.5 Å². The van der Waals surface area contributed by atoms with Gasteiger partial charge in [0.25, 0.3) is 5.92 Å². The average Bonchev–Trinajstić information content (AvgIpc) is 2.58. The van der Waals surface area contributed by atoms with Crippen LogP contribution in [0.2, 0.25) is 0 Å². The smallest absolute Gasteiger partial charge is 0.406 e. The van der Waals surface area contributed by atoms with Crippen molar-refractivity contribution in [3.8, 4) is 5.75 Å². The van der Waals surface area contributed by atoms with Crippen molar-refractivity contribution < 1.29 is 30.9 Å². The Hall–Kier alpha value is -2.00. The number of nitrogens with one attached hydrogen (secondary N) is 1. The third-order valence-electron chi connectivity index (χ3n) is 4.50. The highest BCUT2D eigenvalue weighted by Crippen LogP contribution is 2.45. The molecule has 1 aliphatic carbocycles. The van der Waals surface area contributed by atoms with Crippen molar-refractivity contribution >= 4 is 11.0 Å². The molecule has 2 aromatic carbocycles. The van der Waals surface area contributed by atoms with Crippen molar-refractivity contribution in [3.05, 3.63) is 64.7 Å². The number of ether oxygens (including phenoxy) is 1. The molecule has 0 radical (unpaired) electrons. The molecular formula is C20H20F5NO2S. The summed E-state index contributed by atoms with van der Waals surface area (Å²) in [6.45, 7) is 5.25. The molecule has 3 rings (SSSR count). The lowest BCUT2D eigenvalue weighted by molar-refractivity contribution is -0.274. The topological polar surface area (TPSA) is 38.3 Å². The standard InChI is InChI=1S/C20H20F5NO2S/c1-18(2,3)29(27)26-17(12-6-8-15(9-7-12)28-20(23,24)25)13-4-5-14-11-19(21,22)16(14)10-13/h4-10,17,26H,11H2,1-3H3/t17?,29-/m0/s1. The molecule has 2 aromatic rings. The van der Waals surface area contributed by atoms with Crippen molar-refractivity contribution in [2.75, 3.05) is 0 Å². The Morgan fingerprint density at radius 3 is 2.14 bits per heavy atom. The van der Waals surface area contributed by atoms with E-state index in [0.29, 0.717) is 16.7 Å². The Morgan fingerprint density at radius 1 is 1.03 bits per heavy atom. The van der Waals surface area contributed by atoms with Gasteiger partial charge in [-0.1, -0.05) is 24.3 Å². The van der Waals surface area contributed by atoms with Crippen LogP contribution < -0.4 is 9.46 Å². The Balaban J connectivity index is 1.96. The van der Waals surface area contributed by atoms with Crippen molar-refractivity contribution in [3.63, 3.8) is 0 Å². The maximum atomic E-state index is 13.8. The monoisotopic (exact) mass is 433 g/mol. The summed E-state index contributed by atoms with van der Waals surface area (Å²) in [5.41, 5.74) is 1.38. The van der Waals surface area contributed by atoms with Crippen LogP contribution in [0.4, 0.5) is 22.0 Å². The Morgan fingerprint density at radius 2 is 1.62 bits per heavy atom. The molecule has 0 aliphatic heterocycles. The van der Waals surface area contributed by atoms with Gasteiger partial charge < -0.3 is 4.74 Å². The highest BCUT2D eigenvalue weighted by atomic mass is 32.2. The van der Waals surface area contributed by atoms with E-state index in [2.05, 4.69) is 9.46 Å². The van der Waals surface area contributed by atoms with Crippen molar-refractivity contribution in [2.24, 2.45) is 0 Å². The van der Waals surface area contributed by atoms with E-state index in [0.717, 1.165) is 12.1 Å². The number of halogens is 5. The lowest BCUT2D eigenvalue weighted by Crippen LogP contribution is -2.37. The van der Waals surface area contributed by atoms with Gasteiger partial charge >= 0.3 is 6.36 Å². The van der Waals surface area contributed by atoms with Gasteiger partial charge in [0.05, 0.1) is 21.8 Å². The summed E-state index contributed by atoms with van der Waals surface area (Å²) >= 11 is 0. The van der Waals surface area contributed by atoms with Gasteiger partial charge in [0.2, 0.25) is 0 Å². The van der Waals surface area contributed by atoms with E-state index in [1.54, 1.807) is 32.9 Å². The van der Waals surface area contributed by atoms with E-state index < -0.39 is 39.8 Å². The van der Waals surface area contributed by atoms with Gasteiger partial charge in [-0.25, -0.2) is 17.7 Å². The van der Waals surface area contributed by atoms with E-state index >= 15 is 0 Å². The minimum absolute atomic E-state index is 0.0830. The fourth-order valence-corrected chi connectivity index (χ4v) is 3.81. The fraction of sp³-hybridized carbons (Fsp3) is 0.400. The van der Waals surface area contributed by atoms with Crippen LogP contribution in [-0.2, 0) is 23.3 Å². The van der Waals surface area contributed by atoms with Gasteiger partial charge in [0.1, 0.15) is 5.75 Å². The summed E-state index contributed by atoms with van der Waals surface area (Å²) in [7, 11) is -1.55. The van der Waals surface area contributed by atoms with Crippen LogP contribution in [0.3, 0.4) is 0 Å². The Labute approximate surface area is 167 Å². The molecule has 2 atom stereocenters. The fourth-order valence-electron chi connectivity index (χ4n) is 2.97. The minimum atomic E-state index is -4.82. The lowest BCUT2D eigenvalue weighted by Gasteiger charge is -2.32. The summed E-state index contributed by atoms with van der Waals surface area (Å²) in [5.74, 6) is -3.32. The molecule has 0 saturated carbocycles. The maximum absolute atomic E-state index is 13.8. The number of fused-ring (bicyclic) bond motifs is 1. The highest BCUT2D eigenvalue weighted by molar-refractivity contribution is 7.84. The number of hydrogen-bond acceptors (Lipinski definition) is 2. The first-order valence-corrected chi connectivity index (χ1v) is 9.96. The van der Waals surface area contributed by atoms with Crippen LogP contribution in [-0.4, -0.2) is 15.3 Å². The van der Waals surface area contributed by atoms with E-state index in [1.807, 2.05) is 0 Å². The van der Waals surface area contributed by atoms with E-state index in [1.165, 1.54) is 18.2 Å². The van der Waals surface area contributed by atoms with E-state index in [9.17, 15) is 26.2 Å². The van der Waals surface area contributed by atoms with Crippen LogP contribution in [0, 0.1) is 0 Å². The molecule has 0 amide bonds. The SMILES string of the molecule is CC(C)(C)[S@](=O)NC(c1ccc(OC(F)(F)F)cc1)c1ccc2c(c1)C(F)(F)C2. The molecule has 1 N–H and O–H groups in total. The minimum Gasteiger partial charge on any atom is -0.406 e. The summed E-state index contributed by atoms with van der Waals surface area (Å²) in [6.07, 6.45) is -5.14. The first-order valence-electron chi connectivity index (χ1n) is 8.81. The van der Waals surface area contributed by atoms with Crippen LogP contribution >= 0.6 is 0 Å². The molecule has 158 valence electrons. The molecule has 1 aliphatic rings. The first kappa shape index (κ1) is 21.7. The number of rotatable bonds is 5. The molecule has 29 heavy (non-hydrogen) atoms. The Bertz CT molecular complexity index is 920. The van der Waals surface area contributed by atoms with Crippen molar-refractivity contribution in [1.29, 1.82) is 0 Å². The summed E-state index contributed by atoms with van der Waals surface area (Å²) in [6, 6.07) is 8.89. The largest absolute Gasteiger partial charge is 0.573 e. The molecule has 0 heterocycles. The van der Waals surface area contributed by atoms with Crippen molar-refractivity contribution in [2.45, 2.75) is 50.3 Å². The molecule has 0 fully saturated rings. The van der Waals surface area contributed by atoms with Gasteiger partial charge in [-0.15, -0.1) is 13.2 Å². The number of hydrogen-bond donors (Lipinski definition) is 1. The van der Waals surface area contributed by atoms with Crippen LogP contribution in [0.5, 0.6) is 5.75 Å². The molecule has 0 spiro atoms. The van der Waals surface area contributed by atoms with Crippen molar-refractivity contribution in [1.82, 2.24) is 4.72 Å². The van der Waals surface area contributed by atoms with Crippen LogP contribution in [0.1, 0.15) is 49.1 Å². The van der Waals surface area contributed by atoms with Crippen LogP contribution in [0.25, 0.3) is 0 Å². The molecule has 9 heteroatoms. The summed E-state index contributed by atoms with van der Waals surface area (Å²) < 4.78 is 83.6. The number of alkyl halides is 5. The van der Waals surface area contributed by atoms with Gasteiger partial charge in [-0.05, 0) is 55.7 Å². The summed E-state index contributed by atoms with van der Waals surface area (Å²) in [5, 5.41) is 0. The molecule has 0 aromatic heterocycles. The zero-order valence-electron chi connectivity index (χ0n) is 15.9. The second kappa shape index (κ2) is 7.36. The lowest BCUT2D eigenvalue weighted by atomic mass is 9.82. The second-order valence-electron chi connectivity index (χ2n) is 7.85. The Kier molecular flexibility index (Phi) is 5.51. The van der Waals surface area contributed by atoms with E-state index in [4.69, 9.17) is 0 Å². The predicted octanol–water partition coefficient (Wildman–Crippen LogP) is 5.37. The zero-order chi connectivity index (χ0) is 21.6. The maximum Gasteiger partial charge on any atom is 0.573 e. The molecule has 0 bridgehead atoms. The summed E-state index contributed by atoms with van der Waals surface area (Å²) in [4.78, 5) is 0. The zero-order valence-corrected chi connectivity index (χ0v) is 16.8. The van der Waals surface area contributed by atoms with Gasteiger partial charge in [0.15, 0.2) is 0 Å².